The van der Waals surface area contributed by atoms with Crippen LogP contribution in [0.5, 0.6) is 0 Å². The maximum atomic E-state index is 13.4. The van der Waals surface area contributed by atoms with Crippen molar-refractivity contribution in [1.82, 2.24) is 0 Å². The second-order valence-electron chi connectivity index (χ2n) is 5.50. The van der Waals surface area contributed by atoms with E-state index in [-0.39, 0.29) is 4.90 Å². The Morgan fingerprint density at radius 1 is 1.22 bits per heavy atom. The van der Waals surface area contributed by atoms with Gasteiger partial charge in [-0.25, -0.2) is 12.8 Å². The van der Waals surface area contributed by atoms with Crippen molar-refractivity contribution in [3.8, 4) is 6.07 Å². The zero-order valence-electron chi connectivity index (χ0n) is 11.8. The van der Waals surface area contributed by atoms with E-state index in [0.717, 1.165) is 0 Å². The van der Waals surface area contributed by atoms with E-state index in [9.17, 15) is 18.1 Å². The lowest BCUT2D eigenvalue weighted by Gasteiger charge is -2.04. The van der Waals surface area contributed by atoms with Crippen LogP contribution in [-0.2, 0) is 9.84 Å². The van der Waals surface area contributed by atoms with Gasteiger partial charge in [-0.05, 0) is 42.0 Å². The van der Waals surface area contributed by atoms with Gasteiger partial charge in [0.05, 0.1) is 11.0 Å². The number of benzene rings is 2. The first-order chi connectivity index (χ1) is 10.8. The van der Waals surface area contributed by atoms with Gasteiger partial charge in [0.2, 0.25) is 0 Å². The monoisotopic (exact) mass is 350 g/mol. The molecule has 2 aromatic carbocycles. The Kier molecular flexibility index (Phi) is 3.68. The number of sulfone groups is 1. The molecule has 0 unspecified atom stereocenters. The van der Waals surface area contributed by atoms with Gasteiger partial charge in [-0.15, -0.1) is 0 Å². The van der Waals surface area contributed by atoms with Gasteiger partial charge in [0, 0.05) is 10.9 Å². The molecule has 0 amide bonds. The van der Waals surface area contributed by atoms with Crippen LogP contribution in [0, 0.1) is 17.1 Å². The van der Waals surface area contributed by atoms with E-state index >= 15 is 0 Å². The summed E-state index contributed by atoms with van der Waals surface area (Å²) in [6.07, 6.45) is 0. The summed E-state index contributed by atoms with van der Waals surface area (Å²) < 4.78 is 39.0. The molecule has 0 saturated heterocycles. The molecule has 0 bridgehead atoms. The molecule has 4 nitrogen and oxygen atoms in total. The van der Waals surface area contributed by atoms with E-state index in [2.05, 4.69) is 0 Å². The molecule has 0 spiro atoms. The van der Waals surface area contributed by atoms with Gasteiger partial charge in [-0.3, -0.25) is 0 Å². The van der Waals surface area contributed by atoms with Crippen molar-refractivity contribution in [1.29, 1.82) is 5.26 Å². The van der Waals surface area contributed by atoms with E-state index in [1.807, 2.05) is 6.07 Å². The van der Waals surface area contributed by atoms with Crippen LogP contribution in [0.4, 0.5) is 4.39 Å². The molecule has 23 heavy (non-hydrogen) atoms. The van der Waals surface area contributed by atoms with Crippen molar-refractivity contribution in [3.05, 3.63) is 64.9 Å². The van der Waals surface area contributed by atoms with Crippen molar-refractivity contribution < 1.29 is 12.8 Å². The standard InChI is InChI=1S/C16H12ClFN2O2S/c17-11-4-6-13(7-5-11)23(21,22)15-14(16(15,20)9-19)10-2-1-3-12(18)8-10/h1-8,14-15H,20H2/t14-,15+,16-/m0/s1. The molecule has 0 aromatic heterocycles. The molecule has 0 heterocycles. The highest BCUT2D eigenvalue weighted by atomic mass is 35.5. The molecule has 1 fully saturated rings. The lowest BCUT2D eigenvalue weighted by molar-refractivity contribution is 0.591. The second kappa shape index (κ2) is 5.31. The van der Waals surface area contributed by atoms with Crippen LogP contribution in [0.2, 0.25) is 5.02 Å². The summed E-state index contributed by atoms with van der Waals surface area (Å²) in [5, 5.41) is 8.62. The molecule has 118 valence electrons. The minimum atomic E-state index is -3.84. The summed E-state index contributed by atoms with van der Waals surface area (Å²) in [6.45, 7) is 0. The highest BCUT2D eigenvalue weighted by Crippen LogP contribution is 2.55. The maximum Gasteiger partial charge on any atom is 0.184 e. The molecule has 0 radical (unpaired) electrons. The van der Waals surface area contributed by atoms with Crippen LogP contribution in [0.25, 0.3) is 0 Å². The van der Waals surface area contributed by atoms with E-state index < -0.39 is 32.4 Å². The summed E-state index contributed by atoms with van der Waals surface area (Å²) in [4.78, 5) is 0.0379. The Labute approximate surface area is 138 Å². The number of hydrogen-bond acceptors (Lipinski definition) is 4. The van der Waals surface area contributed by atoms with Crippen molar-refractivity contribution in [3.63, 3.8) is 0 Å². The Balaban J connectivity index is 2.05. The fraction of sp³-hybridized carbons (Fsp3) is 0.188. The first kappa shape index (κ1) is 15.9. The van der Waals surface area contributed by atoms with E-state index in [1.54, 1.807) is 6.07 Å². The maximum absolute atomic E-state index is 13.4. The third-order valence-corrected chi connectivity index (χ3v) is 6.57. The molecular formula is C16H12ClFN2O2S. The van der Waals surface area contributed by atoms with Crippen LogP contribution in [-0.4, -0.2) is 19.2 Å². The minimum absolute atomic E-state index is 0.0379. The van der Waals surface area contributed by atoms with Crippen LogP contribution in [0.3, 0.4) is 0 Å². The van der Waals surface area contributed by atoms with Crippen LogP contribution in [0.15, 0.2) is 53.4 Å². The molecule has 1 aliphatic rings. The predicted octanol–water partition coefficient (Wildman–Crippen LogP) is 2.64. The van der Waals surface area contributed by atoms with Gasteiger partial charge < -0.3 is 5.73 Å². The Hall–Kier alpha value is -1.94. The SMILES string of the molecule is N#C[C@@]1(N)[C@H](S(=O)(=O)c2ccc(Cl)cc2)[C@@H]1c1cccc(F)c1. The minimum Gasteiger partial charge on any atom is -0.312 e. The van der Waals surface area contributed by atoms with Crippen LogP contribution in [0.1, 0.15) is 11.5 Å². The highest BCUT2D eigenvalue weighted by molar-refractivity contribution is 7.92. The fourth-order valence-electron chi connectivity index (χ4n) is 2.86. The molecule has 1 saturated carbocycles. The topological polar surface area (TPSA) is 83.9 Å². The second-order valence-corrected chi connectivity index (χ2v) is 8.00. The lowest BCUT2D eigenvalue weighted by atomic mass is 10.1. The Morgan fingerprint density at radius 2 is 1.87 bits per heavy atom. The van der Waals surface area contributed by atoms with Crippen LogP contribution < -0.4 is 5.73 Å². The molecule has 3 rings (SSSR count). The summed E-state index contributed by atoms with van der Waals surface area (Å²) in [7, 11) is -3.84. The number of hydrogen-bond donors (Lipinski definition) is 1. The summed E-state index contributed by atoms with van der Waals surface area (Å²) in [5.74, 6) is -1.28. The normalized spacial score (nSPS) is 26.5. The number of nitrogens with zero attached hydrogens (tertiary/aromatic N) is 1. The van der Waals surface area contributed by atoms with Gasteiger partial charge in [-0.1, -0.05) is 23.7 Å². The molecular weight excluding hydrogens is 339 g/mol. The summed E-state index contributed by atoms with van der Waals surface area (Å²) >= 11 is 5.77. The van der Waals surface area contributed by atoms with E-state index in [4.69, 9.17) is 17.3 Å². The fourth-order valence-corrected chi connectivity index (χ4v) is 5.17. The summed E-state index contributed by atoms with van der Waals surface area (Å²) in [5.41, 5.74) is 4.80. The number of rotatable bonds is 3. The average molecular weight is 351 g/mol. The first-order valence-electron chi connectivity index (χ1n) is 6.76. The summed E-state index contributed by atoms with van der Waals surface area (Å²) in [6, 6.07) is 13.0. The highest BCUT2D eigenvalue weighted by Gasteiger charge is 2.70. The molecule has 0 aliphatic heterocycles. The van der Waals surface area contributed by atoms with Gasteiger partial charge in [0.25, 0.3) is 0 Å². The molecule has 7 heteroatoms. The molecule has 3 atom stereocenters. The van der Waals surface area contributed by atoms with Crippen molar-refractivity contribution in [2.45, 2.75) is 21.6 Å². The third-order valence-electron chi connectivity index (χ3n) is 4.06. The smallest absolute Gasteiger partial charge is 0.184 e. The molecule has 2 N–H and O–H groups in total. The number of nitrogens with two attached hydrogens (primary N) is 1. The van der Waals surface area contributed by atoms with Gasteiger partial charge in [-0.2, -0.15) is 5.26 Å². The van der Waals surface area contributed by atoms with Crippen molar-refractivity contribution >= 4 is 21.4 Å². The Morgan fingerprint density at radius 3 is 2.43 bits per heavy atom. The first-order valence-corrected chi connectivity index (χ1v) is 8.68. The molecule has 2 aromatic rings. The van der Waals surface area contributed by atoms with Gasteiger partial charge in [0.15, 0.2) is 9.84 Å². The lowest BCUT2D eigenvalue weighted by Crippen LogP contribution is -2.29. The predicted molar refractivity (Wildman–Crippen MR) is 84.1 cm³/mol. The molecule has 1 aliphatic carbocycles. The van der Waals surface area contributed by atoms with Crippen LogP contribution >= 0.6 is 11.6 Å². The third kappa shape index (κ3) is 2.51. The number of halogens is 2. The van der Waals surface area contributed by atoms with Crippen molar-refractivity contribution in [2.75, 3.05) is 0 Å². The van der Waals surface area contributed by atoms with Gasteiger partial charge >= 0.3 is 0 Å². The van der Waals surface area contributed by atoms with Crippen molar-refractivity contribution in [2.24, 2.45) is 5.73 Å². The quantitative estimate of drug-likeness (QED) is 0.922. The van der Waals surface area contributed by atoms with E-state index in [1.165, 1.54) is 42.5 Å². The van der Waals surface area contributed by atoms with Gasteiger partial charge in [0.1, 0.15) is 16.6 Å². The largest absolute Gasteiger partial charge is 0.312 e. The zero-order valence-corrected chi connectivity index (χ0v) is 13.4. The van der Waals surface area contributed by atoms with E-state index in [0.29, 0.717) is 10.6 Å². The number of nitriles is 1. The average Bonchev–Trinajstić information content (AvgIpc) is 3.15. The zero-order chi connectivity index (χ0) is 16.8. The Bertz CT molecular complexity index is 908.